The summed E-state index contributed by atoms with van der Waals surface area (Å²) < 4.78 is 27.3. The van der Waals surface area contributed by atoms with E-state index in [2.05, 4.69) is 10.0 Å². The molecule has 0 aliphatic rings. The second kappa shape index (κ2) is 7.14. The van der Waals surface area contributed by atoms with Crippen molar-refractivity contribution in [1.29, 1.82) is 0 Å². The van der Waals surface area contributed by atoms with Gasteiger partial charge >= 0.3 is 0 Å². The molecule has 2 amide bonds. The summed E-state index contributed by atoms with van der Waals surface area (Å²) in [6, 6.07) is 12.4. The fraction of sp³-hybridized carbons (Fsp3) is 0.125. The number of anilines is 1. The van der Waals surface area contributed by atoms with Crippen LogP contribution in [-0.2, 0) is 14.8 Å². The molecule has 2 aromatic rings. The first-order valence-electron chi connectivity index (χ1n) is 7.04. The predicted octanol–water partition coefficient (Wildman–Crippen LogP) is 1.01. The molecule has 0 saturated carbocycles. The van der Waals surface area contributed by atoms with E-state index in [-0.39, 0.29) is 17.0 Å². The van der Waals surface area contributed by atoms with E-state index in [0.29, 0.717) is 5.69 Å². The van der Waals surface area contributed by atoms with Crippen LogP contribution in [-0.4, -0.2) is 26.8 Å². The van der Waals surface area contributed by atoms with Crippen LogP contribution >= 0.6 is 0 Å². The molecule has 0 atom stereocenters. The number of amides is 2. The van der Waals surface area contributed by atoms with Crippen LogP contribution in [0.15, 0.2) is 53.4 Å². The number of nitrogens with two attached hydrogens (primary N) is 1. The Kier molecular flexibility index (Phi) is 5.20. The highest BCUT2D eigenvalue weighted by Crippen LogP contribution is 2.17. The number of primary amides is 1. The van der Waals surface area contributed by atoms with Crippen molar-refractivity contribution in [3.05, 3.63) is 59.7 Å². The summed E-state index contributed by atoms with van der Waals surface area (Å²) in [5.41, 5.74) is 6.50. The van der Waals surface area contributed by atoms with Gasteiger partial charge in [0.2, 0.25) is 5.91 Å². The Labute approximate surface area is 139 Å². The molecular weight excluding hydrogens is 330 g/mol. The van der Waals surface area contributed by atoms with Crippen molar-refractivity contribution in [1.82, 2.24) is 5.32 Å². The van der Waals surface area contributed by atoms with E-state index in [4.69, 9.17) is 5.73 Å². The first-order chi connectivity index (χ1) is 11.3. The van der Waals surface area contributed by atoms with Gasteiger partial charge in [-0.2, -0.15) is 0 Å². The third-order valence-corrected chi connectivity index (χ3v) is 4.51. The number of nitrogens with one attached hydrogen (secondary N) is 2. The lowest BCUT2D eigenvalue weighted by Gasteiger charge is -2.10. The molecule has 0 aliphatic carbocycles. The van der Waals surface area contributed by atoms with Crippen molar-refractivity contribution in [2.45, 2.75) is 11.8 Å². The van der Waals surface area contributed by atoms with E-state index in [1.54, 1.807) is 24.3 Å². The zero-order valence-electron chi connectivity index (χ0n) is 12.9. The number of aryl methyl sites for hydroxylation is 1. The Bertz CT molecular complexity index is 861. The van der Waals surface area contributed by atoms with Gasteiger partial charge in [0.1, 0.15) is 0 Å². The fourth-order valence-electron chi connectivity index (χ4n) is 1.91. The number of carbonyl (C=O) groups excluding carboxylic acids is 2. The van der Waals surface area contributed by atoms with Crippen LogP contribution in [0.1, 0.15) is 15.9 Å². The number of rotatable bonds is 6. The summed E-state index contributed by atoms with van der Waals surface area (Å²) in [5.74, 6) is -1.27. The molecule has 8 heteroatoms. The van der Waals surface area contributed by atoms with Crippen LogP contribution in [0.3, 0.4) is 0 Å². The third kappa shape index (κ3) is 4.56. The fourth-order valence-corrected chi connectivity index (χ4v) is 3.01. The minimum Gasteiger partial charge on any atom is -0.368 e. The molecule has 0 aliphatic heterocycles. The van der Waals surface area contributed by atoms with E-state index in [1.807, 2.05) is 6.92 Å². The van der Waals surface area contributed by atoms with Crippen molar-refractivity contribution >= 4 is 27.5 Å². The minimum atomic E-state index is -3.84. The van der Waals surface area contributed by atoms with Gasteiger partial charge in [0.25, 0.3) is 15.9 Å². The van der Waals surface area contributed by atoms with Crippen LogP contribution in [0.4, 0.5) is 5.69 Å². The van der Waals surface area contributed by atoms with Gasteiger partial charge < -0.3 is 11.1 Å². The van der Waals surface area contributed by atoms with Crippen LogP contribution in [0, 0.1) is 6.92 Å². The largest absolute Gasteiger partial charge is 0.368 e. The molecular formula is C16H17N3O4S. The summed E-state index contributed by atoms with van der Waals surface area (Å²) in [7, 11) is -3.84. The zero-order valence-corrected chi connectivity index (χ0v) is 13.8. The molecule has 0 saturated heterocycles. The average molecular weight is 347 g/mol. The molecule has 24 heavy (non-hydrogen) atoms. The smallest absolute Gasteiger partial charge is 0.261 e. The predicted molar refractivity (Wildman–Crippen MR) is 90.0 cm³/mol. The van der Waals surface area contributed by atoms with Crippen LogP contribution in [0.5, 0.6) is 0 Å². The van der Waals surface area contributed by atoms with Gasteiger partial charge in [-0.1, -0.05) is 23.8 Å². The lowest BCUT2D eigenvalue weighted by atomic mass is 10.2. The molecule has 2 aromatic carbocycles. The Balaban J connectivity index is 2.21. The van der Waals surface area contributed by atoms with Crippen LogP contribution < -0.4 is 15.8 Å². The Hall–Kier alpha value is -2.87. The van der Waals surface area contributed by atoms with Crippen molar-refractivity contribution in [2.75, 3.05) is 11.3 Å². The minimum absolute atomic E-state index is 0.0604. The molecule has 4 N–H and O–H groups in total. The molecule has 2 rings (SSSR count). The van der Waals surface area contributed by atoms with Crippen molar-refractivity contribution in [3.8, 4) is 0 Å². The first-order valence-corrected chi connectivity index (χ1v) is 8.52. The molecule has 126 valence electrons. The maximum Gasteiger partial charge on any atom is 0.261 e. The number of hydrogen-bond acceptors (Lipinski definition) is 4. The third-order valence-electron chi connectivity index (χ3n) is 3.13. The molecule has 0 fully saturated rings. The molecule has 0 heterocycles. The second-order valence-corrected chi connectivity index (χ2v) is 6.83. The van der Waals surface area contributed by atoms with Gasteiger partial charge in [-0.25, -0.2) is 8.42 Å². The van der Waals surface area contributed by atoms with E-state index >= 15 is 0 Å². The molecule has 0 radical (unpaired) electrons. The molecule has 0 spiro atoms. The summed E-state index contributed by atoms with van der Waals surface area (Å²) in [6.45, 7) is 1.57. The lowest BCUT2D eigenvalue weighted by molar-refractivity contribution is -0.117. The lowest BCUT2D eigenvalue weighted by Crippen LogP contribution is -2.33. The van der Waals surface area contributed by atoms with Crippen LogP contribution in [0.25, 0.3) is 0 Å². The number of sulfonamides is 1. The summed E-state index contributed by atoms with van der Waals surface area (Å²) in [4.78, 5) is 22.5. The maximum absolute atomic E-state index is 12.4. The van der Waals surface area contributed by atoms with Gasteiger partial charge in [-0.3, -0.25) is 14.3 Å². The quantitative estimate of drug-likeness (QED) is 0.722. The van der Waals surface area contributed by atoms with E-state index in [1.165, 1.54) is 24.3 Å². The topological polar surface area (TPSA) is 118 Å². The standard InChI is InChI=1S/C16H17N3O4S/c1-11-5-7-13(8-6-11)19-24(22,23)14-4-2-3-12(9-14)16(21)18-10-15(17)20/h2-9,19H,10H2,1H3,(H2,17,20)(H,18,21). The summed E-state index contributed by atoms with van der Waals surface area (Å²) >= 11 is 0. The maximum atomic E-state index is 12.4. The van der Waals surface area contributed by atoms with Gasteiger partial charge in [0.05, 0.1) is 11.4 Å². The number of carbonyl (C=O) groups is 2. The number of hydrogen-bond donors (Lipinski definition) is 3. The molecule has 0 bridgehead atoms. The SMILES string of the molecule is Cc1ccc(NS(=O)(=O)c2cccc(C(=O)NCC(N)=O)c2)cc1. The van der Waals surface area contributed by atoms with Crippen molar-refractivity contribution in [2.24, 2.45) is 5.73 Å². The van der Waals surface area contributed by atoms with Gasteiger partial charge in [-0.15, -0.1) is 0 Å². The number of benzene rings is 2. The average Bonchev–Trinajstić information content (AvgIpc) is 2.54. The summed E-state index contributed by atoms with van der Waals surface area (Å²) in [6.07, 6.45) is 0. The zero-order chi connectivity index (χ0) is 17.7. The van der Waals surface area contributed by atoms with Gasteiger partial charge in [-0.05, 0) is 37.3 Å². The van der Waals surface area contributed by atoms with Gasteiger partial charge in [0, 0.05) is 11.3 Å². The highest BCUT2D eigenvalue weighted by atomic mass is 32.2. The normalized spacial score (nSPS) is 10.9. The summed E-state index contributed by atoms with van der Waals surface area (Å²) in [5, 5.41) is 2.30. The first kappa shape index (κ1) is 17.5. The molecule has 7 nitrogen and oxygen atoms in total. The van der Waals surface area contributed by atoms with Crippen molar-refractivity contribution < 1.29 is 18.0 Å². The van der Waals surface area contributed by atoms with Crippen LogP contribution in [0.2, 0.25) is 0 Å². The Morgan fingerprint density at radius 1 is 1.08 bits per heavy atom. The second-order valence-electron chi connectivity index (χ2n) is 5.15. The Morgan fingerprint density at radius 2 is 1.75 bits per heavy atom. The van der Waals surface area contributed by atoms with Gasteiger partial charge in [0.15, 0.2) is 0 Å². The monoisotopic (exact) mass is 347 g/mol. The van der Waals surface area contributed by atoms with E-state index in [9.17, 15) is 18.0 Å². The highest BCUT2D eigenvalue weighted by Gasteiger charge is 2.16. The highest BCUT2D eigenvalue weighted by molar-refractivity contribution is 7.92. The van der Waals surface area contributed by atoms with Crippen molar-refractivity contribution in [3.63, 3.8) is 0 Å². The molecule has 0 aromatic heterocycles. The Morgan fingerprint density at radius 3 is 2.38 bits per heavy atom. The van der Waals surface area contributed by atoms with E-state index < -0.39 is 21.8 Å². The van der Waals surface area contributed by atoms with E-state index in [0.717, 1.165) is 5.56 Å². The molecule has 0 unspecified atom stereocenters.